The molecule has 0 amide bonds. The number of hydrogen-bond donors (Lipinski definition) is 0. The van der Waals surface area contributed by atoms with E-state index in [1.807, 2.05) is 19.1 Å². The largest absolute Gasteiger partial charge is 0.493 e. The first kappa shape index (κ1) is 17.6. The van der Waals surface area contributed by atoms with E-state index in [2.05, 4.69) is 6.58 Å². The van der Waals surface area contributed by atoms with Gasteiger partial charge >= 0.3 is 0 Å². The van der Waals surface area contributed by atoms with Gasteiger partial charge in [0.15, 0.2) is 17.3 Å². The lowest BCUT2D eigenvalue weighted by Gasteiger charge is -2.10. The van der Waals surface area contributed by atoms with Crippen molar-refractivity contribution in [3.8, 4) is 23.0 Å². The normalized spacial score (nSPS) is 14.0. The number of allylic oxidation sites excluding steroid dienone is 1. The van der Waals surface area contributed by atoms with Gasteiger partial charge in [-0.25, -0.2) is 0 Å². The average Bonchev–Trinajstić information content (AvgIpc) is 2.94. The Bertz CT molecular complexity index is 895. The van der Waals surface area contributed by atoms with Crippen molar-refractivity contribution < 1.29 is 23.7 Å². The third-order valence-corrected chi connectivity index (χ3v) is 3.85. The highest BCUT2D eigenvalue weighted by Gasteiger charge is 2.28. The summed E-state index contributed by atoms with van der Waals surface area (Å²) in [6, 6.07) is 10.6. The van der Waals surface area contributed by atoms with Gasteiger partial charge in [0.25, 0.3) is 0 Å². The summed E-state index contributed by atoms with van der Waals surface area (Å²) in [5.41, 5.74) is 2.11. The van der Waals surface area contributed by atoms with E-state index in [4.69, 9.17) is 18.9 Å². The van der Waals surface area contributed by atoms with Crippen molar-refractivity contribution in [3.63, 3.8) is 0 Å². The van der Waals surface area contributed by atoms with Gasteiger partial charge in [0.1, 0.15) is 18.1 Å². The Morgan fingerprint density at radius 2 is 2.00 bits per heavy atom. The molecule has 134 valence electrons. The van der Waals surface area contributed by atoms with Gasteiger partial charge in [-0.05, 0) is 36.8 Å². The van der Waals surface area contributed by atoms with Crippen molar-refractivity contribution in [2.75, 3.05) is 20.8 Å². The van der Waals surface area contributed by atoms with Gasteiger partial charge in [0.05, 0.1) is 19.8 Å². The van der Waals surface area contributed by atoms with Crippen LogP contribution >= 0.6 is 0 Å². The molecule has 2 aromatic carbocycles. The van der Waals surface area contributed by atoms with Crippen LogP contribution in [0.1, 0.15) is 22.8 Å². The van der Waals surface area contributed by atoms with Crippen LogP contribution in [0, 0.1) is 0 Å². The van der Waals surface area contributed by atoms with Gasteiger partial charge < -0.3 is 18.9 Å². The smallest absolute Gasteiger partial charge is 0.231 e. The Morgan fingerprint density at radius 3 is 2.69 bits per heavy atom. The predicted molar refractivity (Wildman–Crippen MR) is 99.2 cm³/mol. The van der Waals surface area contributed by atoms with E-state index in [0.717, 1.165) is 5.57 Å². The number of hydrogen-bond acceptors (Lipinski definition) is 5. The van der Waals surface area contributed by atoms with Gasteiger partial charge in [-0.2, -0.15) is 0 Å². The second kappa shape index (κ2) is 7.35. The SMILES string of the molecule is C=C(C)COc1ccc2c(c1)OC(=Cc1cccc(OC)c1OC)C2=O. The molecule has 1 aliphatic heterocycles. The van der Waals surface area contributed by atoms with Crippen LogP contribution in [0.25, 0.3) is 6.08 Å². The fourth-order valence-corrected chi connectivity index (χ4v) is 2.63. The zero-order valence-corrected chi connectivity index (χ0v) is 15.0. The lowest BCUT2D eigenvalue weighted by molar-refractivity contribution is 0.101. The van der Waals surface area contributed by atoms with E-state index in [1.54, 1.807) is 44.6 Å². The predicted octanol–water partition coefficient (Wildman–Crippen LogP) is 4.27. The molecule has 5 nitrogen and oxygen atoms in total. The van der Waals surface area contributed by atoms with Gasteiger partial charge in [-0.15, -0.1) is 0 Å². The van der Waals surface area contributed by atoms with Gasteiger partial charge in [0, 0.05) is 11.6 Å². The summed E-state index contributed by atoms with van der Waals surface area (Å²) in [6.45, 7) is 6.10. The summed E-state index contributed by atoms with van der Waals surface area (Å²) in [7, 11) is 3.12. The number of ether oxygens (including phenoxy) is 4. The molecule has 0 saturated carbocycles. The molecule has 0 aliphatic carbocycles. The Morgan fingerprint density at radius 1 is 1.19 bits per heavy atom. The van der Waals surface area contributed by atoms with Crippen molar-refractivity contribution in [1.29, 1.82) is 0 Å². The second-order valence-corrected chi connectivity index (χ2v) is 5.93. The molecule has 5 heteroatoms. The standard InChI is InChI=1S/C21H20O5/c1-13(2)12-25-15-8-9-16-18(11-15)26-19(20(16)22)10-14-6-5-7-17(23-3)21(14)24-4/h5-11H,1,12H2,2-4H3. The lowest BCUT2D eigenvalue weighted by atomic mass is 10.1. The molecule has 3 rings (SSSR count). The highest BCUT2D eigenvalue weighted by atomic mass is 16.5. The molecule has 0 atom stereocenters. The number of benzene rings is 2. The number of rotatable bonds is 6. The molecule has 0 spiro atoms. The maximum absolute atomic E-state index is 12.6. The van der Waals surface area contributed by atoms with Crippen molar-refractivity contribution >= 4 is 11.9 Å². The molecule has 0 N–H and O–H groups in total. The number of carbonyl (C=O) groups is 1. The maximum Gasteiger partial charge on any atom is 0.231 e. The number of para-hydroxylation sites is 1. The van der Waals surface area contributed by atoms with Crippen molar-refractivity contribution in [3.05, 3.63) is 65.4 Å². The van der Waals surface area contributed by atoms with E-state index < -0.39 is 0 Å². The first-order valence-corrected chi connectivity index (χ1v) is 8.10. The van der Waals surface area contributed by atoms with E-state index >= 15 is 0 Å². The number of ketones is 1. The molecule has 0 fully saturated rings. The minimum atomic E-state index is -0.184. The molecule has 0 unspecified atom stereocenters. The van der Waals surface area contributed by atoms with E-state index in [9.17, 15) is 4.79 Å². The molecule has 0 aromatic heterocycles. The maximum atomic E-state index is 12.6. The summed E-state index contributed by atoms with van der Waals surface area (Å²) in [5, 5.41) is 0. The van der Waals surface area contributed by atoms with Crippen LogP contribution in [0.4, 0.5) is 0 Å². The van der Waals surface area contributed by atoms with Crippen molar-refractivity contribution in [2.45, 2.75) is 6.92 Å². The van der Waals surface area contributed by atoms with Crippen LogP contribution in [0.3, 0.4) is 0 Å². The first-order chi connectivity index (χ1) is 12.5. The van der Waals surface area contributed by atoms with Crippen molar-refractivity contribution in [2.24, 2.45) is 0 Å². The molecular weight excluding hydrogens is 332 g/mol. The summed E-state index contributed by atoms with van der Waals surface area (Å²) in [5.74, 6) is 2.27. The Balaban J connectivity index is 1.90. The third-order valence-electron chi connectivity index (χ3n) is 3.85. The summed E-state index contributed by atoms with van der Waals surface area (Å²) in [6.07, 6.45) is 1.65. The summed E-state index contributed by atoms with van der Waals surface area (Å²) in [4.78, 5) is 12.6. The summed E-state index contributed by atoms with van der Waals surface area (Å²) >= 11 is 0. The first-order valence-electron chi connectivity index (χ1n) is 8.10. The zero-order valence-electron chi connectivity index (χ0n) is 15.0. The van der Waals surface area contributed by atoms with Gasteiger partial charge in [0.2, 0.25) is 5.78 Å². The monoisotopic (exact) mass is 352 g/mol. The van der Waals surface area contributed by atoms with Crippen LogP contribution in [-0.4, -0.2) is 26.6 Å². The van der Waals surface area contributed by atoms with Gasteiger partial charge in [-0.1, -0.05) is 18.7 Å². The molecule has 26 heavy (non-hydrogen) atoms. The average molecular weight is 352 g/mol. The lowest BCUT2D eigenvalue weighted by Crippen LogP contribution is -1.99. The molecule has 1 aliphatic rings. The molecule has 2 aromatic rings. The fraction of sp³-hybridized carbons (Fsp3) is 0.190. The number of carbonyl (C=O) groups excluding carboxylic acids is 1. The fourth-order valence-electron chi connectivity index (χ4n) is 2.63. The van der Waals surface area contributed by atoms with Crippen LogP contribution in [0.5, 0.6) is 23.0 Å². The Labute approximate surface area is 152 Å². The quantitative estimate of drug-likeness (QED) is 0.574. The topological polar surface area (TPSA) is 54.0 Å². The number of fused-ring (bicyclic) bond motifs is 1. The minimum Gasteiger partial charge on any atom is -0.493 e. The van der Waals surface area contributed by atoms with E-state index in [0.29, 0.717) is 40.7 Å². The van der Waals surface area contributed by atoms with Crippen LogP contribution < -0.4 is 18.9 Å². The number of Topliss-reactive ketones (excluding diaryl/α,β-unsaturated/α-hetero) is 1. The van der Waals surface area contributed by atoms with E-state index in [1.165, 1.54) is 0 Å². The van der Waals surface area contributed by atoms with Crippen molar-refractivity contribution in [1.82, 2.24) is 0 Å². The van der Waals surface area contributed by atoms with Crippen LogP contribution in [0.15, 0.2) is 54.3 Å². The van der Waals surface area contributed by atoms with Gasteiger partial charge in [-0.3, -0.25) is 4.79 Å². The Kier molecular flexibility index (Phi) is 4.98. The molecule has 0 saturated heterocycles. The van der Waals surface area contributed by atoms with Crippen LogP contribution in [-0.2, 0) is 0 Å². The zero-order chi connectivity index (χ0) is 18.7. The van der Waals surface area contributed by atoms with Crippen LogP contribution in [0.2, 0.25) is 0 Å². The molecule has 0 bridgehead atoms. The molecule has 1 heterocycles. The highest BCUT2D eigenvalue weighted by molar-refractivity contribution is 6.14. The highest BCUT2D eigenvalue weighted by Crippen LogP contribution is 2.37. The minimum absolute atomic E-state index is 0.184. The number of methoxy groups -OCH3 is 2. The summed E-state index contributed by atoms with van der Waals surface area (Å²) < 4.78 is 22.0. The van der Waals surface area contributed by atoms with E-state index in [-0.39, 0.29) is 11.5 Å². The molecule has 0 radical (unpaired) electrons. The third kappa shape index (κ3) is 3.42. The molecular formula is C21H20O5. The Hall–Kier alpha value is -3.21. The second-order valence-electron chi connectivity index (χ2n) is 5.93.